The maximum Gasteiger partial charge on any atom is 0.273 e. The number of carbonyl (C=O) groups excluding carboxylic acids is 1. The second-order valence-electron chi connectivity index (χ2n) is 5.68. The van der Waals surface area contributed by atoms with Gasteiger partial charge in [-0.05, 0) is 35.6 Å². The highest BCUT2D eigenvalue weighted by Gasteiger charge is 2.16. The summed E-state index contributed by atoms with van der Waals surface area (Å²) in [5, 5.41) is 4.72. The second kappa shape index (κ2) is 8.33. The standard InChI is InChI=1S/C19H20N2O3S2/c1-21(9-8-13-6-7-15(23-2)16(11-13)24-3)19(22)14-12-26-18(20-14)17-5-4-10-25-17/h4-7,10-12H,8-9H2,1-3H3. The van der Waals surface area contributed by atoms with E-state index in [0.29, 0.717) is 23.7 Å². The number of rotatable bonds is 7. The molecular formula is C19H20N2O3S2. The first-order valence-corrected chi connectivity index (χ1v) is 9.84. The Kier molecular flexibility index (Phi) is 5.90. The molecule has 0 aliphatic heterocycles. The SMILES string of the molecule is COc1ccc(CCN(C)C(=O)c2csc(-c3cccs3)n2)cc1OC. The van der Waals surface area contributed by atoms with E-state index in [2.05, 4.69) is 4.98 Å². The van der Waals surface area contributed by atoms with E-state index >= 15 is 0 Å². The van der Waals surface area contributed by atoms with Crippen molar-refractivity contribution in [3.63, 3.8) is 0 Å². The number of methoxy groups -OCH3 is 2. The zero-order valence-electron chi connectivity index (χ0n) is 14.9. The Morgan fingerprint density at radius 2 is 1.96 bits per heavy atom. The number of hydrogen-bond donors (Lipinski definition) is 0. The van der Waals surface area contributed by atoms with E-state index in [1.807, 2.05) is 41.1 Å². The Bertz CT molecular complexity index is 875. The number of benzene rings is 1. The van der Waals surface area contributed by atoms with Gasteiger partial charge in [0, 0.05) is 19.0 Å². The van der Waals surface area contributed by atoms with E-state index in [4.69, 9.17) is 9.47 Å². The maximum absolute atomic E-state index is 12.6. The third-order valence-electron chi connectivity index (χ3n) is 3.99. The average Bonchev–Trinajstić information content (AvgIpc) is 3.36. The quantitative estimate of drug-likeness (QED) is 0.609. The van der Waals surface area contributed by atoms with Crippen molar-refractivity contribution in [3.8, 4) is 21.4 Å². The third-order valence-corrected chi connectivity index (χ3v) is 5.87. The van der Waals surface area contributed by atoms with Gasteiger partial charge in [-0.3, -0.25) is 4.79 Å². The van der Waals surface area contributed by atoms with Gasteiger partial charge in [0.15, 0.2) is 11.5 Å². The summed E-state index contributed by atoms with van der Waals surface area (Å²) in [6.07, 6.45) is 0.727. The van der Waals surface area contributed by atoms with Crippen LogP contribution >= 0.6 is 22.7 Å². The smallest absolute Gasteiger partial charge is 0.273 e. The first-order chi connectivity index (χ1) is 12.6. The number of likely N-dealkylation sites (N-methyl/N-ethyl adjacent to an activating group) is 1. The summed E-state index contributed by atoms with van der Waals surface area (Å²) < 4.78 is 10.6. The largest absolute Gasteiger partial charge is 0.493 e. The molecule has 0 N–H and O–H groups in total. The lowest BCUT2D eigenvalue weighted by atomic mass is 10.1. The van der Waals surface area contributed by atoms with Crippen molar-refractivity contribution >= 4 is 28.6 Å². The number of hydrogen-bond acceptors (Lipinski definition) is 6. The molecule has 0 bridgehead atoms. The zero-order chi connectivity index (χ0) is 18.5. The van der Waals surface area contributed by atoms with Crippen LogP contribution in [0.5, 0.6) is 11.5 Å². The summed E-state index contributed by atoms with van der Waals surface area (Å²) in [6, 6.07) is 9.80. The number of ether oxygens (including phenoxy) is 2. The number of thiophene rings is 1. The number of carbonyl (C=O) groups is 1. The van der Waals surface area contributed by atoms with Gasteiger partial charge in [-0.2, -0.15) is 0 Å². The highest BCUT2D eigenvalue weighted by Crippen LogP contribution is 2.29. The molecule has 3 rings (SSSR count). The van der Waals surface area contributed by atoms with Crippen LogP contribution in [0, 0.1) is 0 Å². The molecule has 1 amide bonds. The van der Waals surface area contributed by atoms with Crippen molar-refractivity contribution in [2.75, 3.05) is 27.8 Å². The molecular weight excluding hydrogens is 368 g/mol. The van der Waals surface area contributed by atoms with E-state index in [9.17, 15) is 4.79 Å². The van der Waals surface area contributed by atoms with Crippen molar-refractivity contribution in [2.24, 2.45) is 0 Å². The van der Waals surface area contributed by atoms with Crippen LogP contribution in [0.3, 0.4) is 0 Å². The van der Waals surface area contributed by atoms with Crippen molar-refractivity contribution in [2.45, 2.75) is 6.42 Å². The van der Waals surface area contributed by atoms with E-state index < -0.39 is 0 Å². The summed E-state index contributed by atoms with van der Waals surface area (Å²) in [7, 11) is 5.03. The van der Waals surface area contributed by atoms with Gasteiger partial charge in [0.1, 0.15) is 10.7 Å². The topological polar surface area (TPSA) is 51.7 Å². The van der Waals surface area contributed by atoms with Crippen LogP contribution in [-0.4, -0.2) is 43.6 Å². The molecule has 2 aromatic heterocycles. The van der Waals surface area contributed by atoms with E-state index in [0.717, 1.165) is 21.9 Å². The van der Waals surface area contributed by atoms with Crippen LogP contribution in [0.2, 0.25) is 0 Å². The Morgan fingerprint density at radius 1 is 1.15 bits per heavy atom. The lowest BCUT2D eigenvalue weighted by molar-refractivity contribution is 0.0791. The first-order valence-electron chi connectivity index (χ1n) is 8.08. The normalized spacial score (nSPS) is 10.6. The number of nitrogens with zero attached hydrogens (tertiary/aromatic N) is 2. The first kappa shape index (κ1) is 18.4. The van der Waals surface area contributed by atoms with E-state index in [1.165, 1.54) is 11.3 Å². The van der Waals surface area contributed by atoms with E-state index in [1.54, 1.807) is 37.5 Å². The lowest BCUT2D eigenvalue weighted by Gasteiger charge is -2.16. The average molecular weight is 389 g/mol. The molecule has 1 aromatic carbocycles. The van der Waals surface area contributed by atoms with Crippen LogP contribution in [-0.2, 0) is 6.42 Å². The van der Waals surface area contributed by atoms with Crippen molar-refractivity contribution in [1.29, 1.82) is 0 Å². The number of thiazole rings is 1. The highest BCUT2D eigenvalue weighted by molar-refractivity contribution is 7.20. The fourth-order valence-electron chi connectivity index (χ4n) is 2.52. The summed E-state index contributed by atoms with van der Waals surface area (Å²) in [6.45, 7) is 0.597. The molecule has 0 saturated heterocycles. The van der Waals surface area contributed by atoms with E-state index in [-0.39, 0.29) is 5.91 Å². The minimum Gasteiger partial charge on any atom is -0.493 e. The van der Waals surface area contributed by atoms with Gasteiger partial charge < -0.3 is 14.4 Å². The summed E-state index contributed by atoms with van der Waals surface area (Å²) in [5.74, 6) is 1.33. The van der Waals surface area contributed by atoms with Gasteiger partial charge in [0.2, 0.25) is 0 Å². The Morgan fingerprint density at radius 3 is 2.65 bits per heavy atom. The van der Waals surface area contributed by atoms with Gasteiger partial charge in [0.25, 0.3) is 5.91 Å². The van der Waals surface area contributed by atoms with Crippen molar-refractivity contribution in [3.05, 3.63) is 52.3 Å². The zero-order valence-corrected chi connectivity index (χ0v) is 16.5. The predicted molar refractivity (Wildman–Crippen MR) is 106 cm³/mol. The Labute approximate surface area is 160 Å². The molecule has 26 heavy (non-hydrogen) atoms. The summed E-state index contributed by atoms with van der Waals surface area (Å²) >= 11 is 3.12. The molecule has 0 radical (unpaired) electrons. The molecule has 2 heterocycles. The molecule has 0 unspecified atom stereocenters. The molecule has 0 spiro atoms. The minimum absolute atomic E-state index is 0.0652. The van der Waals surface area contributed by atoms with Crippen LogP contribution in [0.15, 0.2) is 41.1 Å². The van der Waals surface area contributed by atoms with Crippen LogP contribution in [0.25, 0.3) is 9.88 Å². The summed E-state index contributed by atoms with van der Waals surface area (Å²) in [5.41, 5.74) is 1.58. The molecule has 0 saturated carbocycles. The Hall–Kier alpha value is -2.38. The molecule has 7 heteroatoms. The van der Waals surface area contributed by atoms with Gasteiger partial charge in [-0.1, -0.05) is 12.1 Å². The third kappa shape index (κ3) is 4.05. The summed E-state index contributed by atoms with van der Waals surface area (Å²) in [4.78, 5) is 19.9. The van der Waals surface area contributed by atoms with Crippen molar-refractivity contribution in [1.82, 2.24) is 9.88 Å². The molecule has 0 aliphatic carbocycles. The molecule has 5 nitrogen and oxygen atoms in total. The molecule has 0 fully saturated rings. The fourth-order valence-corrected chi connectivity index (χ4v) is 4.12. The highest BCUT2D eigenvalue weighted by atomic mass is 32.1. The van der Waals surface area contributed by atoms with Gasteiger partial charge in [-0.25, -0.2) is 4.98 Å². The van der Waals surface area contributed by atoms with Crippen molar-refractivity contribution < 1.29 is 14.3 Å². The molecule has 0 atom stereocenters. The van der Waals surface area contributed by atoms with Gasteiger partial charge >= 0.3 is 0 Å². The Balaban J connectivity index is 1.63. The van der Waals surface area contributed by atoms with Crippen LogP contribution in [0.1, 0.15) is 16.1 Å². The number of aromatic nitrogens is 1. The maximum atomic E-state index is 12.6. The predicted octanol–water partition coefficient (Wildman–Crippen LogP) is 4.20. The molecule has 0 aliphatic rings. The van der Waals surface area contributed by atoms with Crippen LogP contribution in [0.4, 0.5) is 0 Å². The monoisotopic (exact) mass is 388 g/mol. The van der Waals surface area contributed by atoms with Gasteiger partial charge in [0.05, 0.1) is 19.1 Å². The lowest BCUT2D eigenvalue weighted by Crippen LogP contribution is -2.29. The van der Waals surface area contributed by atoms with Gasteiger partial charge in [-0.15, -0.1) is 22.7 Å². The molecule has 3 aromatic rings. The fraction of sp³-hybridized carbons (Fsp3) is 0.263. The second-order valence-corrected chi connectivity index (χ2v) is 7.49. The molecule has 136 valence electrons. The number of amides is 1. The van der Waals surface area contributed by atoms with Crippen LogP contribution < -0.4 is 9.47 Å². The minimum atomic E-state index is -0.0652.